The predicted octanol–water partition coefficient (Wildman–Crippen LogP) is 3.54. The molecular formula is C18H20O3. The van der Waals surface area contributed by atoms with Crippen molar-refractivity contribution in [2.45, 2.75) is 18.4 Å². The Morgan fingerprint density at radius 1 is 0.952 bits per heavy atom. The average molecular weight is 284 g/mol. The zero-order chi connectivity index (χ0) is 14.8. The summed E-state index contributed by atoms with van der Waals surface area (Å²) < 4.78 is 10.8. The van der Waals surface area contributed by atoms with Crippen LogP contribution < -0.4 is 9.47 Å². The van der Waals surface area contributed by atoms with Gasteiger partial charge in [-0.25, -0.2) is 0 Å². The maximum absolute atomic E-state index is 10.8. The van der Waals surface area contributed by atoms with Crippen molar-refractivity contribution in [3.8, 4) is 11.5 Å². The monoisotopic (exact) mass is 284 g/mol. The van der Waals surface area contributed by atoms with E-state index in [1.165, 1.54) is 5.56 Å². The third-order valence-corrected chi connectivity index (χ3v) is 4.23. The maximum Gasteiger partial charge on any atom is 0.128 e. The van der Waals surface area contributed by atoms with Crippen LogP contribution in [0.25, 0.3) is 0 Å². The molecule has 3 nitrogen and oxygen atoms in total. The van der Waals surface area contributed by atoms with Gasteiger partial charge in [-0.1, -0.05) is 36.4 Å². The summed E-state index contributed by atoms with van der Waals surface area (Å²) in [4.78, 5) is 0. The Morgan fingerprint density at radius 3 is 2.14 bits per heavy atom. The Labute approximate surface area is 125 Å². The molecule has 1 fully saturated rings. The quantitative estimate of drug-likeness (QED) is 0.912. The van der Waals surface area contributed by atoms with Crippen molar-refractivity contribution in [2.24, 2.45) is 5.92 Å². The molecular weight excluding hydrogens is 264 g/mol. The molecule has 0 radical (unpaired) electrons. The van der Waals surface area contributed by atoms with Gasteiger partial charge in [0.2, 0.25) is 0 Å². The molecule has 3 unspecified atom stereocenters. The summed E-state index contributed by atoms with van der Waals surface area (Å²) in [5.74, 6) is 1.99. The third-order valence-electron chi connectivity index (χ3n) is 4.23. The Morgan fingerprint density at radius 2 is 1.57 bits per heavy atom. The van der Waals surface area contributed by atoms with Gasteiger partial charge in [0, 0.05) is 0 Å². The summed E-state index contributed by atoms with van der Waals surface area (Å²) >= 11 is 0. The molecule has 1 N–H and O–H groups in total. The lowest BCUT2D eigenvalue weighted by Crippen LogP contribution is -2.06. The van der Waals surface area contributed by atoms with E-state index in [0.717, 1.165) is 12.0 Å². The van der Waals surface area contributed by atoms with Crippen molar-refractivity contribution >= 4 is 0 Å². The SMILES string of the molecule is COc1cccc(OC)c1C(O)C1CC1c1ccccc1. The second-order valence-corrected chi connectivity index (χ2v) is 5.44. The minimum Gasteiger partial charge on any atom is -0.496 e. The largest absolute Gasteiger partial charge is 0.496 e. The fraction of sp³-hybridized carbons (Fsp3) is 0.333. The van der Waals surface area contributed by atoms with E-state index in [2.05, 4.69) is 12.1 Å². The molecule has 2 aromatic carbocycles. The van der Waals surface area contributed by atoms with Gasteiger partial charge in [0.25, 0.3) is 0 Å². The van der Waals surface area contributed by atoms with Crippen molar-refractivity contribution in [3.05, 3.63) is 59.7 Å². The van der Waals surface area contributed by atoms with E-state index in [0.29, 0.717) is 17.4 Å². The van der Waals surface area contributed by atoms with Gasteiger partial charge in [0.15, 0.2) is 0 Å². The van der Waals surface area contributed by atoms with Crippen LogP contribution in [0.2, 0.25) is 0 Å². The third kappa shape index (κ3) is 2.61. The van der Waals surface area contributed by atoms with Crippen LogP contribution in [0.4, 0.5) is 0 Å². The fourth-order valence-corrected chi connectivity index (χ4v) is 3.03. The zero-order valence-corrected chi connectivity index (χ0v) is 12.3. The van der Waals surface area contributed by atoms with Gasteiger partial charge in [-0.3, -0.25) is 0 Å². The first kappa shape index (κ1) is 14.0. The zero-order valence-electron chi connectivity index (χ0n) is 12.3. The van der Waals surface area contributed by atoms with E-state index < -0.39 is 6.10 Å². The lowest BCUT2D eigenvalue weighted by molar-refractivity contribution is 0.143. The van der Waals surface area contributed by atoms with Gasteiger partial charge in [-0.15, -0.1) is 0 Å². The Bertz CT molecular complexity index is 587. The molecule has 3 heteroatoms. The smallest absolute Gasteiger partial charge is 0.128 e. The lowest BCUT2D eigenvalue weighted by Gasteiger charge is -2.18. The fourth-order valence-electron chi connectivity index (χ4n) is 3.03. The summed E-state index contributed by atoms with van der Waals surface area (Å²) in [5.41, 5.74) is 2.04. The number of ether oxygens (including phenoxy) is 2. The topological polar surface area (TPSA) is 38.7 Å². The van der Waals surface area contributed by atoms with E-state index in [1.54, 1.807) is 14.2 Å². The number of hydrogen-bond donors (Lipinski definition) is 1. The number of aliphatic hydroxyl groups excluding tert-OH is 1. The molecule has 0 spiro atoms. The van der Waals surface area contributed by atoms with E-state index in [9.17, 15) is 5.11 Å². The highest BCUT2D eigenvalue weighted by molar-refractivity contribution is 5.47. The highest BCUT2D eigenvalue weighted by Gasteiger charge is 2.45. The van der Waals surface area contributed by atoms with E-state index >= 15 is 0 Å². The molecule has 0 heterocycles. The molecule has 1 aliphatic carbocycles. The van der Waals surface area contributed by atoms with Crippen LogP contribution in [0.1, 0.15) is 29.6 Å². The summed E-state index contributed by atoms with van der Waals surface area (Å²) in [7, 11) is 3.24. The Balaban J connectivity index is 1.86. The molecule has 0 aromatic heterocycles. The molecule has 2 aromatic rings. The minimum absolute atomic E-state index is 0.220. The van der Waals surface area contributed by atoms with Crippen LogP contribution >= 0.6 is 0 Å². The van der Waals surface area contributed by atoms with Gasteiger partial charge in [-0.05, 0) is 36.0 Å². The summed E-state index contributed by atoms with van der Waals surface area (Å²) in [5, 5.41) is 10.8. The Kier molecular flexibility index (Phi) is 3.84. The standard InChI is InChI=1S/C18H20O3/c1-20-15-9-6-10-16(21-2)17(15)18(19)14-11-13(14)12-7-4-3-5-8-12/h3-10,13-14,18-19H,11H2,1-2H3. The first-order valence-corrected chi connectivity index (χ1v) is 7.20. The number of rotatable bonds is 5. The predicted molar refractivity (Wildman–Crippen MR) is 81.8 cm³/mol. The molecule has 0 bridgehead atoms. The molecule has 110 valence electrons. The van der Waals surface area contributed by atoms with Crippen LogP contribution in [-0.2, 0) is 0 Å². The summed E-state index contributed by atoms with van der Waals surface area (Å²) in [6.45, 7) is 0. The lowest BCUT2D eigenvalue weighted by atomic mass is 9.99. The van der Waals surface area contributed by atoms with Gasteiger partial charge < -0.3 is 14.6 Å². The van der Waals surface area contributed by atoms with Gasteiger partial charge in [0.05, 0.1) is 25.9 Å². The molecule has 0 aliphatic heterocycles. The average Bonchev–Trinajstić information content (AvgIpc) is 3.34. The maximum atomic E-state index is 10.8. The first-order valence-electron chi connectivity index (χ1n) is 7.20. The second kappa shape index (κ2) is 5.78. The second-order valence-electron chi connectivity index (χ2n) is 5.44. The van der Waals surface area contributed by atoms with E-state index in [-0.39, 0.29) is 5.92 Å². The van der Waals surface area contributed by atoms with Crippen LogP contribution in [0.5, 0.6) is 11.5 Å². The van der Waals surface area contributed by atoms with Gasteiger partial charge >= 0.3 is 0 Å². The molecule has 1 saturated carbocycles. The molecule has 1 aliphatic rings. The van der Waals surface area contributed by atoms with Crippen molar-refractivity contribution in [1.82, 2.24) is 0 Å². The number of benzene rings is 2. The van der Waals surface area contributed by atoms with E-state index in [1.807, 2.05) is 36.4 Å². The van der Waals surface area contributed by atoms with E-state index in [4.69, 9.17) is 9.47 Å². The van der Waals surface area contributed by atoms with Crippen molar-refractivity contribution in [3.63, 3.8) is 0 Å². The van der Waals surface area contributed by atoms with Crippen LogP contribution in [0.3, 0.4) is 0 Å². The van der Waals surface area contributed by atoms with Crippen LogP contribution in [0, 0.1) is 5.92 Å². The van der Waals surface area contributed by atoms with Crippen LogP contribution in [0.15, 0.2) is 48.5 Å². The highest BCUT2D eigenvalue weighted by Crippen LogP contribution is 2.56. The number of hydrogen-bond acceptors (Lipinski definition) is 3. The minimum atomic E-state index is -0.568. The Hall–Kier alpha value is -2.00. The molecule has 0 saturated heterocycles. The molecule has 21 heavy (non-hydrogen) atoms. The molecule has 0 amide bonds. The number of aliphatic hydroxyl groups is 1. The molecule has 3 rings (SSSR count). The van der Waals surface area contributed by atoms with Gasteiger partial charge in [0.1, 0.15) is 11.5 Å². The van der Waals surface area contributed by atoms with Gasteiger partial charge in [-0.2, -0.15) is 0 Å². The summed E-state index contributed by atoms with van der Waals surface area (Å²) in [6.07, 6.45) is 0.424. The number of methoxy groups -OCH3 is 2. The highest BCUT2D eigenvalue weighted by atomic mass is 16.5. The first-order chi connectivity index (χ1) is 10.3. The van der Waals surface area contributed by atoms with Crippen molar-refractivity contribution in [1.29, 1.82) is 0 Å². The van der Waals surface area contributed by atoms with Crippen molar-refractivity contribution in [2.75, 3.05) is 14.2 Å². The molecule has 3 atom stereocenters. The summed E-state index contributed by atoms with van der Waals surface area (Å²) in [6, 6.07) is 15.9. The van der Waals surface area contributed by atoms with Crippen LogP contribution in [-0.4, -0.2) is 19.3 Å². The normalized spacial score (nSPS) is 21.7. The van der Waals surface area contributed by atoms with Crippen molar-refractivity contribution < 1.29 is 14.6 Å².